The van der Waals surface area contributed by atoms with Crippen molar-refractivity contribution in [2.75, 3.05) is 12.3 Å². The van der Waals surface area contributed by atoms with Crippen LogP contribution in [0.4, 0.5) is 0 Å². The third kappa shape index (κ3) is 4.71. The Hall–Kier alpha value is -2.72. The monoisotopic (exact) mass is 417 g/mol. The normalized spacial score (nSPS) is 17.0. The van der Waals surface area contributed by atoms with Crippen LogP contribution in [0.5, 0.6) is 5.75 Å². The molecule has 2 atom stereocenters. The Morgan fingerprint density at radius 3 is 2.50 bits per heavy atom. The van der Waals surface area contributed by atoms with E-state index in [0.717, 1.165) is 41.2 Å². The Morgan fingerprint density at radius 2 is 1.77 bits per heavy atom. The molecule has 30 heavy (non-hydrogen) atoms. The number of amides is 1. The molecule has 0 spiro atoms. The van der Waals surface area contributed by atoms with Gasteiger partial charge in [0, 0.05) is 12.3 Å². The van der Waals surface area contributed by atoms with Crippen molar-refractivity contribution in [1.82, 2.24) is 4.90 Å². The Kier molecular flexibility index (Phi) is 6.75. The summed E-state index contributed by atoms with van der Waals surface area (Å²) in [7, 11) is 0. The molecule has 0 N–H and O–H groups in total. The highest BCUT2D eigenvalue weighted by Crippen LogP contribution is 2.41. The average Bonchev–Trinajstić information content (AvgIpc) is 3.30. The van der Waals surface area contributed by atoms with Crippen molar-refractivity contribution in [3.05, 3.63) is 102 Å². The van der Waals surface area contributed by atoms with Gasteiger partial charge in [0.1, 0.15) is 17.7 Å². The zero-order valence-corrected chi connectivity index (χ0v) is 18.1. The van der Waals surface area contributed by atoms with Crippen LogP contribution in [0.1, 0.15) is 41.3 Å². The molecule has 0 aromatic heterocycles. The van der Waals surface area contributed by atoms with Gasteiger partial charge in [0.15, 0.2) is 0 Å². The molecule has 0 radical (unpaired) electrons. The number of carbonyl (C=O) groups excluding carboxylic acids is 1. The highest BCUT2D eigenvalue weighted by atomic mass is 32.2. The molecule has 4 heteroatoms. The van der Waals surface area contributed by atoms with Crippen molar-refractivity contribution in [3.8, 4) is 5.75 Å². The van der Waals surface area contributed by atoms with Gasteiger partial charge in [0.25, 0.3) is 0 Å². The fourth-order valence-corrected chi connectivity index (χ4v) is 5.16. The minimum absolute atomic E-state index is 0.0375. The highest BCUT2D eigenvalue weighted by molar-refractivity contribution is 7.99. The first-order chi connectivity index (χ1) is 14.8. The van der Waals surface area contributed by atoms with Crippen LogP contribution >= 0.6 is 11.8 Å². The van der Waals surface area contributed by atoms with E-state index >= 15 is 0 Å². The molecule has 3 aromatic carbocycles. The number of hydrogen-bond donors (Lipinski definition) is 0. The molecule has 0 bridgehead atoms. The standard InChI is InChI=1S/C26H27NO2S/c1-2-24(21-12-7-4-8-13-21)25(28)27-16-17-30-26(27)22-14-9-15-23(18-22)29-19-20-10-5-3-6-11-20/h3-15,18,24,26H,2,16-17,19H2,1H3/t24-,26+/m1/s1. The van der Waals surface area contributed by atoms with Crippen molar-refractivity contribution in [3.63, 3.8) is 0 Å². The molecule has 154 valence electrons. The first-order valence-corrected chi connectivity index (χ1v) is 11.5. The van der Waals surface area contributed by atoms with Crippen LogP contribution in [-0.4, -0.2) is 23.1 Å². The molecule has 4 rings (SSSR count). The molecule has 0 aliphatic carbocycles. The molecule has 0 unspecified atom stereocenters. The van der Waals surface area contributed by atoms with Crippen molar-refractivity contribution < 1.29 is 9.53 Å². The second-order valence-electron chi connectivity index (χ2n) is 7.47. The number of nitrogens with zero attached hydrogens (tertiary/aromatic N) is 1. The van der Waals surface area contributed by atoms with Gasteiger partial charge in [-0.2, -0.15) is 0 Å². The summed E-state index contributed by atoms with van der Waals surface area (Å²) in [6.07, 6.45) is 0.803. The number of carbonyl (C=O) groups is 1. The van der Waals surface area contributed by atoms with E-state index in [-0.39, 0.29) is 17.2 Å². The summed E-state index contributed by atoms with van der Waals surface area (Å²) >= 11 is 1.83. The van der Waals surface area contributed by atoms with E-state index in [1.165, 1.54) is 0 Å². The summed E-state index contributed by atoms with van der Waals surface area (Å²) in [6, 6.07) is 28.5. The van der Waals surface area contributed by atoms with Gasteiger partial charge in [0.2, 0.25) is 5.91 Å². The lowest BCUT2D eigenvalue weighted by Gasteiger charge is -2.28. The SMILES string of the molecule is CC[C@@H](C(=O)N1CCS[C@H]1c1cccc(OCc2ccccc2)c1)c1ccccc1. The summed E-state index contributed by atoms with van der Waals surface area (Å²) < 4.78 is 6.01. The van der Waals surface area contributed by atoms with Gasteiger partial charge in [-0.15, -0.1) is 11.8 Å². The zero-order chi connectivity index (χ0) is 20.8. The van der Waals surface area contributed by atoms with Gasteiger partial charge in [-0.1, -0.05) is 79.7 Å². The summed E-state index contributed by atoms with van der Waals surface area (Å²) in [5, 5.41) is 0.0375. The second-order valence-corrected chi connectivity index (χ2v) is 8.66. The fourth-order valence-electron chi connectivity index (χ4n) is 3.91. The minimum Gasteiger partial charge on any atom is -0.489 e. The minimum atomic E-state index is -0.0927. The lowest BCUT2D eigenvalue weighted by atomic mass is 9.95. The van der Waals surface area contributed by atoms with Crippen LogP contribution in [-0.2, 0) is 11.4 Å². The average molecular weight is 418 g/mol. The molecule has 1 aliphatic rings. The number of ether oxygens (including phenoxy) is 1. The van der Waals surface area contributed by atoms with E-state index in [0.29, 0.717) is 6.61 Å². The van der Waals surface area contributed by atoms with Gasteiger partial charge in [-0.25, -0.2) is 0 Å². The smallest absolute Gasteiger partial charge is 0.231 e. The molecule has 1 amide bonds. The third-order valence-electron chi connectivity index (χ3n) is 5.47. The lowest BCUT2D eigenvalue weighted by molar-refractivity contribution is -0.133. The number of rotatable bonds is 7. The van der Waals surface area contributed by atoms with Crippen molar-refractivity contribution in [2.24, 2.45) is 0 Å². The predicted octanol–water partition coefficient (Wildman–Crippen LogP) is 6.03. The summed E-state index contributed by atoms with van der Waals surface area (Å²) in [5.74, 6) is 1.92. The first kappa shape index (κ1) is 20.5. The van der Waals surface area contributed by atoms with E-state index in [1.54, 1.807) is 0 Å². The zero-order valence-electron chi connectivity index (χ0n) is 17.2. The maximum absolute atomic E-state index is 13.4. The van der Waals surface area contributed by atoms with Gasteiger partial charge in [0.05, 0.1) is 5.92 Å². The quantitative estimate of drug-likeness (QED) is 0.470. The van der Waals surface area contributed by atoms with E-state index in [1.807, 2.05) is 65.2 Å². The number of hydrogen-bond acceptors (Lipinski definition) is 3. The summed E-state index contributed by atoms with van der Waals surface area (Å²) in [6.45, 7) is 3.41. The fraction of sp³-hybridized carbons (Fsp3) is 0.269. The molecule has 3 aromatic rings. The van der Waals surface area contributed by atoms with E-state index in [4.69, 9.17) is 4.74 Å². The van der Waals surface area contributed by atoms with Crippen molar-refractivity contribution in [2.45, 2.75) is 31.2 Å². The van der Waals surface area contributed by atoms with Gasteiger partial charge < -0.3 is 9.64 Å². The Bertz CT molecular complexity index is 961. The second kappa shape index (κ2) is 9.86. The molecule has 3 nitrogen and oxygen atoms in total. The Balaban J connectivity index is 1.49. The maximum Gasteiger partial charge on any atom is 0.231 e. The van der Waals surface area contributed by atoms with E-state index in [9.17, 15) is 4.79 Å². The van der Waals surface area contributed by atoms with Crippen LogP contribution in [0.25, 0.3) is 0 Å². The van der Waals surface area contributed by atoms with Crippen LogP contribution in [0.15, 0.2) is 84.9 Å². The third-order valence-corrected chi connectivity index (χ3v) is 6.73. The van der Waals surface area contributed by atoms with E-state index < -0.39 is 0 Å². The highest BCUT2D eigenvalue weighted by Gasteiger charge is 2.34. The molecular formula is C26H27NO2S. The number of benzene rings is 3. The van der Waals surface area contributed by atoms with Crippen molar-refractivity contribution >= 4 is 17.7 Å². The van der Waals surface area contributed by atoms with Gasteiger partial charge in [-0.3, -0.25) is 4.79 Å². The van der Waals surface area contributed by atoms with E-state index in [2.05, 4.69) is 43.3 Å². The molecular weight excluding hydrogens is 390 g/mol. The van der Waals surface area contributed by atoms with Crippen LogP contribution in [0, 0.1) is 0 Å². The Labute approximate surface area is 183 Å². The van der Waals surface area contributed by atoms with Crippen LogP contribution in [0.3, 0.4) is 0 Å². The van der Waals surface area contributed by atoms with Crippen LogP contribution in [0.2, 0.25) is 0 Å². The topological polar surface area (TPSA) is 29.5 Å². The number of thioether (sulfide) groups is 1. The molecule has 1 heterocycles. The van der Waals surface area contributed by atoms with Crippen LogP contribution < -0.4 is 4.74 Å². The summed E-state index contributed by atoms with van der Waals surface area (Å²) in [5.41, 5.74) is 3.36. The van der Waals surface area contributed by atoms with Gasteiger partial charge in [-0.05, 0) is 35.2 Å². The van der Waals surface area contributed by atoms with Gasteiger partial charge >= 0.3 is 0 Å². The first-order valence-electron chi connectivity index (χ1n) is 10.5. The lowest BCUT2D eigenvalue weighted by Crippen LogP contribution is -2.34. The molecule has 0 saturated carbocycles. The molecule has 1 fully saturated rings. The maximum atomic E-state index is 13.4. The molecule has 1 saturated heterocycles. The summed E-state index contributed by atoms with van der Waals surface area (Å²) in [4.78, 5) is 15.5. The van der Waals surface area contributed by atoms with Crippen molar-refractivity contribution in [1.29, 1.82) is 0 Å². The molecule has 1 aliphatic heterocycles. The predicted molar refractivity (Wildman–Crippen MR) is 124 cm³/mol. The Morgan fingerprint density at radius 1 is 1.03 bits per heavy atom. The largest absolute Gasteiger partial charge is 0.489 e.